The largest absolute Gasteiger partial charge is 0.433 e. The molecule has 0 saturated carbocycles. The topological polar surface area (TPSA) is 50.7 Å². The van der Waals surface area contributed by atoms with Crippen molar-refractivity contribution in [2.45, 2.75) is 32.9 Å². The van der Waals surface area contributed by atoms with E-state index in [0.29, 0.717) is 11.2 Å². The summed E-state index contributed by atoms with van der Waals surface area (Å²) in [5, 5.41) is 6.75. The van der Waals surface area contributed by atoms with Crippen LogP contribution < -0.4 is 5.32 Å². The number of thioether (sulfide) groups is 1. The lowest BCUT2D eigenvalue weighted by atomic mass is 10.1. The average molecular weight is 232 g/mol. The minimum Gasteiger partial charge on any atom is -0.323 e. The van der Waals surface area contributed by atoms with Gasteiger partial charge in [0, 0.05) is 12.8 Å². The first-order chi connectivity index (χ1) is 6.97. The van der Waals surface area contributed by atoms with Crippen molar-refractivity contribution in [1.29, 1.82) is 0 Å². The van der Waals surface area contributed by atoms with Gasteiger partial charge in [-0.15, -0.1) is 0 Å². The molecule has 1 N–H and O–H groups in total. The van der Waals surface area contributed by atoms with E-state index in [2.05, 4.69) is 29.2 Å². The van der Waals surface area contributed by atoms with Gasteiger partial charge < -0.3 is 5.32 Å². The first-order valence-electron chi connectivity index (χ1n) is 5.04. The molecule has 0 atom stereocenters. The number of oxime groups is 1. The molecular weight excluding hydrogens is 212 g/mol. The van der Waals surface area contributed by atoms with Crippen molar-refractivity contribution >= 4 is 23.6 Å². The third kappa shape index (κ3) is 7.25. The van der Waals surface area contributed by atoms with Crippen molar-refractivity contribution in [1.82, 2.24) is 5.32 Å². The molecule has 4 nitrogen and oxygen atoms in total. The van der Waals surface area contributed by atoms with Crippen LogP contribution in [-0.4, -0.2) is 29.9 Å². The Labute approximate surface area is 95.8 Å². The zero-order chi connectivity index (χ0) is 11.8. The van der Waals surface area contributed by atoms with E-state index in [-0.39, 0.29) is 0 Å². The minimum atomic E-state index is -0.525. The van der Waals surface area contributed by atoms with Crippen molar-refractivity contribution in [3.05, 3.63) is 0 Å². The standard InChI is InChI=1S/C10H20N2O2S/c1-7(2)9(6-15-8(3)4)12-14-10(13)11-5/h7-8H,6H2,1-5H3,(H,11,13). The third-order valence-electron chi connectivity index (χ3n) is 1.68. The van der Waals surface area contributed by atoms with Gasteiger partial charge >= 0.3 is 6.09 Å². The molecule has 0 aliphatic rings. The fraction of sp³-hybridized carbons (Fsp3) is 0.800. The lowest BCUT2D eigenvalue weighted by Gasteiger charge is -2.10. The number of hydrogen-bond acceptors (Lipinski definition) is 4. The molecule has 0 saturated heterocycles. The quantitative estimate of drug-likeness (QED) is 0.450. The van der Waals surface area contributed by atoms with Crippen LogP contribution in [0.5, 0.6) is 0 Å². The van der Waals surface area contributed by atoms with E-state index in [9.17, 15) is 4.79 Å². The minimum absolute atomic E-state index is 0.293. The van der Waals surface area contributed by atoms with Crippen molar-refractivity contribution in [3.8, 4) is 0 Å². The third-order valence-corrected chi connectivity index (χ3v) is 2.81. The van der Waals surface area contributed by atoms with Crippen LogP contribution in [0.25, 0.3) is 0 Å². The van der Waals surface area contributed by atoms with Gasteiger partial charge in [-0.25, -0.2) is 4.79 Å². The van der Waals surface area contributed by atoms with Gasteiger partial charge in [0.05, 0.1) is 5.71 Å². The molecule has 0 bridgehead atoms. The molecule has 0 aromatic rings. The molecule has 5 heteroatoms. The number of nitrogens with one attached hydrogen (secondary N) is 1. The lowest BCUT2D eigenvalue weighted by Crippen LogP contribution is -2.19. The predicted octanol–water partition coefficient (Wildman–Crippen LogP) is 2.50. The van der Waals surface area contributed by atoms with Crippen LogP contribution in [0.4, 0.5) is 4.79 Å². The Hall–Kier alpha value is -0.710. The maximum absolute atomic E-state index is 10.8. The predicted molar refractivity (Wildman–Crippen MR) is 65.4 cm³/mol. The highest BCUT2D eigenvalue weighted by Crippen LogP contribution is 2.12. The molecule has 0 aliphatic carbocycles. The van der Waals surface area contributed by atoms with Crippen LogP contribution in [-0.2, 0) is 4.84 Å². The summed E-state index contributed by atoms with van der Waals surface area (Å²) >= 11 is 1.78. The van der Waals surface area contributed by atoms with Gasteiger partial charge in [-0.2, -0.15) is 11.8 Å². The number of rotatable bonds is 5. The highest BCUT2D eigenvalue weighted by molar-refractivity contribution is 8.00. The number of carbonyl (C=O) groups is 1. The maximum atomic E-state index is 10.8. The maximum Gasteiger partial charge on any atom is 0.433 e. The van der Waals surface area contributed by atoms with Gasteiger partial charge in [-0.3, -0.25) is 4.84 Å². The summed E-state index contributed by atoms with van der Waals surface area (Å²) in [7, 11) is 1.51. The molecule has 0 aromatic heterocycles. The van der Waals surface area contributed by atoms with Gasteiger partial charge in [-0.05, 0) is 11.2 Å². The normalized spacial score (nSPS) is 12.1. The molecule has 88 valence electrons. The monoisotopic (exact) mass is 232 g/mol. The Kier molecular flexibility index (Phi) is 7.21. The number of amides is 1. The Morgan fingerprint density at radius 1 is 1.40 bits per heavy atom. The summed E-state index contributed by atoms with van der Waals surface area (Å²) in [4.78, 5) is 15.5. The summed E-state index contributed by atoms with van der Waals surface area (Å²) in [5.41, 5.74) is 0.900. The van der Waals surface area contributed by atoms with Crippen LogP contribution >= 0.6 is 11.8 Å². The van der Waals surface area contributed by atoms with Crippen molar-refractivity contribution in [2.75, 3.05) is 12.8 Å². The van der Waals surface area contributed by atoms with Crippen LogP contribution in [0.3, 0.4) is 0 Å². The van der Waals surface area contributed by atoms with E-state index in [0.717, 1.165) is 11.5 Å². The fourth-order valence-corrected chi connectivity index (χ4v) is 1.59. The first kappa shape index (κ1) is 14.3. The Balaban J connectivity index is 4.19. The molecule has 0 radical (unpaired) electrons. The second-order valence-electron chi connectivity index (χ2n) is 3.73. The number of carbonyl (C=O) groups excluding carboxylic acids is 1. The van der Waals surface area contributed by atoms with E-state index >= 15 is 0 Å². The molecule has 0 rings (SSSR count). The Morgan fingerprint density at radius 2 is 2.00 bits per heavy atom. The van der Waals surface area contributed by atoms with E-state index in [1.807, 2.05) is 13.8 Å². The van der Waals surface area contributed by atoms with E-state index in [1.165, 1.54) is 7.05 Å². The summed E-state index contributed by atoms with van der Waals surface area (Å²) in [5.74, 6) is 1.09. The smallest absolute Gasteiger partial charge is 0.323 e. The van der Waals surface area contributed by atoms with Gasteiger partial charge in [0.1, 0.15) is 0 Å². The van der Waals surface area contributed by atoms with E-state index in [1.54, 1.807) is 11.8 Å². The second-order valence-corrected chi connectivity index (χ2v) is 5.29. The molecule has 0 unspecified atom stereocenters. The first-order valence-corrected chi connectivity index (χ1v) is 6.09. The van der Waals surface area contributed by atoms with Crippen molar-refractivity contribution < 1.29 is 9.63 Å². The van der Waals surface area contributed by atoms with Gasteiger partial charge in [-0.1, -0.05) is 32.9 Å². The van der Waals surface area contributed by atoms with Crippen LogP contribution in [0.15, 0.2) is 5.16 Å². The molecule has 1 amide bonds. The second kappa shape index (κ2) is 7.56. The van der Waals surface area contributed by atoms with Gasteiger partial charge in [0.15, 0.2) is 0 Å². The molecule has 15 heavy (non-hydrogen) atoms. The fourth-order valence-electron chi connectivity index (χ4n) is 0.696. The highest BCUT2D eigenvalue weighted by Gasteiger charge is 2.09. The zero-order valence-electron chi connectivity index (χ0n) is 10.0. The van der Waals surface area contributed by atoms with Crippen molar-refractivity contribution in [3.63, 3.8) is 0 Å². The van der Waals surface area contributed by atoms with E-state index < -0.39 is 6.09 Å². The van der Waals surface area contributed by atoms with Crippen LogP contribution in [0, 0.1) is 5.92 Å². The summed E-state index contributed by atoms with van der Waals surface area (Å²) in [6, 6.07) is 0. The van der Waals surface area contributed by atoms with E-state index in [4.69, 9.17) is 0 Å². The molecule has 0 fully saturated rings. The van der Waals surface area contributed by atoms with Crippen LogP contribution in [0.2, 0.25) is 0 Å². The Bertz CT molecular complexity index is 227. The SMILES string of the molecule is CNC(=O)ON=C(CSC(C)C)C(C)C. The van der Waals surface area contributed by atoms with Gasteiger partial charge in [0.2, 0.25) is 0 Å². The molecule has 0 spiro atoms. The summed E-state index contributed by atoms with van der Waals surface area (Å²) in [6.07, 6.45) is -0.525. The molecule has 0 heterocycles. The molecule has 0 aromatic carbocycles. The van der Waals surface area contributed by atoms with Crippen molar-refractivity contribution in [2.24, 2.45) is 11.1 Å². The average Bonchev–Trinajstić information content (AvgIpc) is 2.16. The Morgan fingerprint density at radius 3 is 2.40 bits per heavy atom. The summed E-state index contributed by atoms with van der Waals surface area (Å²) < 4.78 is 0. The van der Waals surface area contributed by atoms with Crippen LogP contribution in [0.1, 0.15) is 27.7 Å². The molecular formula is C10H20N2O2S. The number of nitrogens with zero attached hydrogens (tertiary/aromatic N) is 1. The summed E-state index contributed by atoms with van der Waals surface area (Å²) in [6.45, 7) is 8.32. The lowest BCUT2D eigenvalue weighted by molar-refractivity contribution is 0.152. The zero-order valence-corrected chi connectivity index (χ0v) is 10.9. The van der Waals surface area contributed by atoms with Gasteiger partial charge in [0.25, 0.3) is 0 Å². The highest BCUT2D eigenvalue weighted by atomic mass is 32.2. The number of hydrogen-bond donors (Lipinski definition) is 1. The molecule has 0 aliphatic heterocycles.